The SMILES string of the molecule is COC(=O)C1=C(C)N=c2s/c(=C/c3ccc(OC(C)=O)cc3OC(C)=O)c(=O)n2[C@H]1c1ccccc1. The number of nitrogens with zero attached hydrogens (tertiary/aromatic N) is 2. The Morgan fingerprint density at radius 1 is 1.03 bits per heavy atom. The molecule has 10 heteroatoms. The molecule has 184 valence electrons. The van der Waals surface area contributed by atoms with E-state index in [0.717, 1.165) is 16.9 Å². The number of hydrogen-bond acceptors (Lipinski definition) is 9. The Morgan fingerprint density at radius 2 is 1.72 bits per heavy atom. The molecule has 1 aliphatic rings. The van der Waals surface area contributed by atoms with E-state index in [-0.39, 0.29) is 22.6 Å². The Kier molecular flexibility index (Phi) is 6.98. The van der Waals surface area contributed by atoms with E-state index in [4.69, 9.17) is 14.2 Å². The third kappa shape index (κ3) is 4.89. The molecule has 0 N–H and O–H groups in total. The number of esters is 3. The summed E-state index contributed by atoms with van der Waals surface area (Å²) in [4.78, 5) is 54.2. The number of hydrogen-bond donors (Lipinski definition) is 0. The monoisotopic (exact) mass is 506 g/mol. The molecule has 1 aliphatic heterocycles. The van der Waals surface area contributed by atoms with E-state index in [2.05, 4.69) is 4.99 Å². The summed E-state index contributed by atoms with van der Waals surface area (Å²) in [6.45, 7) is 4.20. The van der Waals surface area contributed by atoms with Gasteiger partial charge >= 0.3 is 17.9 Å². The summed E-state index contributed by atoms with van der Waals surface area (Å²) in [5.41, 5.74) is 1.50. The molecule has 0 spiro atoms. The number of rotatable bonds is 5. The summed E-state index contributed by atoms with van der Waals surface area (Å²) in [5, 5.41) is 0. The molecule has 2 heterocycles. The van der Waals surface area contributed by atoms with E-state index in [9.17, 15) is 19.2 Å². The van der Waals surface area contributed by atoms with Gasteiger partial charge < -0.3 is 14.2 Å². The van der Waals surface area contributed by atoms with Crippen molar-refractivity contribution in [2.45, 2.75) is 26.8 Å². The van der Waals surface area contributed by atoms with Gasteiger partial charge in [-0.25, -0.2) is 9.79 Å². The lowest BCUT2D eigenvalue weighted by atomic mass is 9.96. The van der Waals surface area contributed by atoms with Crippen molar-refractivity contribution in [1.29, 1.82) is 0 Å². The molecule has 0 radical (unpaired) electrons. The van der Waals surface area contributed by atoms with Crippen LogP contribution in [0.2, 0.25) is 0 Å². The number of carbonyl (C=O) groups is 3. The lowest BCUT2D eigenvalue weighted by Crippen LogP contribution is -2.39. The van der Waals surface area contributed by atoms with Gasteiger partial charge in [0, 0.05) is 25.5 Å². The molecule has 0 bridgehead atoms. The number of thiazole rings is 1. The van der Waals surface area contributed by atoms with Crippen LogP contribution in [-0.4, -0.2) is 29.6 Å². The highest BCUT2D eigenvalue weighted by Crippen LogP contribution is 2.30. The zero-order chi connectivity index (χ0) is 26.0. The van der Waals surface area contributed by atoms with Crippen molar-refractivity contribution in [3.63, 3.8) is 0 Å². The van der Waals surface area contributed by atoms with E-state index < -0.39 is 23.9 Å². The number of ether oxygens (including phenoxy) is 3. The van der Waals surface area contributed by atoms with Crippen LogP contribution < -0.4 is 24.4 Å². The predicted octanol–water partition coefficient (Wildman–Crippen LogP) is 2.26. The van der Waals surface area contributed by atoms with Gasteiger partial charge in [0.25, 0.3) is 5.56 Å². The molecule has 1 atom stereocenters. The lowest BCUT2D eigenvalue weighted by molar-refractivity contribution is -0.137. The van der Waals surface area contributed by atoms with Crippen LogP contribution in [0.5, 0.6) is 11.5 Å². The van der Waals surface area contributed by atoms with Gasteiger partial charge in [-0.2, -0.15) is 0 Å². The van der Waals surface area contributed by atoms with Crippen LogP contribution in [0.15, 0.2) is 69.6 Å². The van der Waals surface area contributed by atoms with Crippen LogP contribution in [0.4, 0.5) is 0 Å². The standard InChI is InChI=1S/C26H22N2O7S/c1-14-22(25(32)33-4)23(17-8-6-5-7-9-17)28-24(31)21(36-26(28)27-14)12-18-10-11-19(34-15(2)29)13-20(18)35-16(3)30/h5-13,23H,1-4H3/b21-12+/t23-/m0/s1. The molecule has 0 saturated heterocycles. The number of fused-ring (bicyclic) bond motifs is 1. The highest BCUT2D eigenvalue weighted by molar-refractivity contribution is 7.07. The van der Waals surface area contributed by atoms with E-state index in [0.29, 0.717) is 20.6 Å². The van der Waals surface area contributed by atoms with E-state index in [1.807, 2.05) is 30.3 Å². The Morgan fingerprint density at radius 3 is 2.36 bits per heavy atom. The number of carbonyl (C=O) groups excluding carboxylic acids is 3. The van der Waals surface area contributed by atoms with Gasteiger partial charge in [0.15, 0.2) is 4.80 Å². The van der Waals surface area contributed by atoms with Crippen molar-refractivity contribution < 1.29 is 28.6 Å². The first-order valence-electron chi connectivity index (χ1n) is 10.9. The van der Waals surface area contributed by atoms with Crippen LogP contribution in [-0.2, 0) is 19.1 Å². The summed E-state index contributed by atoms with van der Waals surface area (Å²) in [6, 6.07) is 12.9. The van der Waals surface area contributed by atoms with Crippen LogP contribution >= 0.6 is 11.3 Å². The normalized spacial score (nSPS) is 15.1. The quantitative estimate of drug-likeness (QED) is 0.385. The Balaban J connectivity index is 1.92. The van der Waals surface area contributed by atoms with Crippen LogP contribution in [0.1, 0.15) is 37.9 Å². The molecule has 0 saturated carbocycles. The van der Waals surface area contributed by atoms with Crippen molar-refractivity contribution in [2.75, 3.05) is 7.11 Å². The summed E-state index contributed by atoms with van der Waals surface area (Å²) in [6.07, 6.45) is 1.57. The zero-order valence-electron chi connectivity index (χ0n) is 19.9. The van der Waals surface area contributed by atoms with Crippen LogP contribution in [0.3, 0.4) is 0 Å². The second kappa shape index (κ2) is 10.1. The molecular formula is C26H22N2O7S. The highest BCUT2D eigenvalue weighted by Gasteiger charge is 2.32. The smallest absolute Gasteiger partial charge is 0.338 e. The molecule has 0 unspecified atom stereocenters. The van der Waals surface area contributed by atoms with Crippen molar-refractivity contribution in [3.05, 3.63) is 90.6 Å². The molecule has 0 fully saturated rings. The van der Waals surface area contributed by atoms with Gasteiger partial charge in [-0.15, -0.1) is 0 Å². The molecule has 0 amide bonds. The number of benzene rings is 2. The van der Waals surface area contributed by atoms with Crippen LogP contribution in [0.25, 0.3) is 6.08 Å². The van der Waals surface area contributed by atoms with Crippen molar-refractivity contribution >= 4 is 35.3 Å². The second-order valence-corrected chi connectivity index (χ2v) is 8.88. The van der Waals surface area contributed by atoms with E-state index in [1.165, 1.54) is 37.7 Å². The molecule has 2 aromatic carbocycles. The largest absolute Gasteiger partial charge is 0.466 e. The third-order valence-corrected chi connectivity index (χ3v) is 6.31. The maximum Gasteiger partial charge on any atom is 0.338 e. The van der Waals surface area contributed by atoms with Gasteiger partial charge in [-0.05, 0) is 30.7 Å². The summed E-state index contributed by atoms with van der Waals surface area (Å²) < 4.78 is 17.1. The predicted molar refractivity (Wildman–Crippen MR) is 131 cm³/mol. The summed E-state index contributed by atoms with van der Waals surface area (Å²) in [5.74, 6) is -1.36. The summed E-state index contributed by atoms with van der Waals surface area (Å²) >= 11 is 1.14. The molecule has 3 aromatic rings. The van der Waals surface area contributed by atoms with E-state index >= 15 is 0 Å². The van der Waals surface area contributed by atoms with Gasteiger partial charge in [0.2, 0.25) is 0 Å². The fraction of sp³-hybridized carbons (Fsp3) is 0.192. The first kappa shape index (κ1) is 24.8. The molecule has 0 aliphatic carbocycles. The van der Waals surface area contributed by atoms with Gasteiger partial charge in [0.1, 0.15) is 11.5 Å². The average molecular weight is 507 g/mol. The minimum Gasteiger partial charge on any atom is -0.466 e. The average Bonchev–Trinajstić information content (AvgIpc) is 3.13. The first-order valence-corrected chi connectivity index (χ1v) is 11.7. The maximum atomic E-state index is 13.6. The van der Waals surface area contributed by atoms with Gasteiger partial charge in [0.05, 0.1) is 29.0 Å². The van der Waals surface area contributed by atoms with Crippen LogP contribution in [0, 0.1) is 0 Å². The fourth-order valence-corrected chi connectivity index (χ4v) is 4.93. The minimum atomic E-state index is -0.726. The summed E-state index contributed by atoms with van der Waals surface area (Å²) in [7, 11) is 1.28. The van der Waals surface area contributed by atoms with Crippen molar-refractivity contribution in [1.82, 2.24) is 4.57 Å². The third-order valence-electron chi connectivity index (χ3n) is 5.33. The molecule has 36 heavy (non-hydrogen) atoms. The molecular weight excluding hydrogens is 484 g/mol. The number of aromatic nitrogens is 1. The Hall–Kier alpha value is -4.31. The topological polar surface area (TPSA) is 113 Å². The number of allylic oxidation sites excluding steroid dienone is 1. The van der Waals surface area contributed by atoms with Gasteiger partial charge in [-0.3, -0.25) is 19.0 Å². The second-order valence-electron chi connectivity index (χ2n) is 7.87. The lowest BCUT2D eigenvalue weighted by Gasteiger charge is -2.24. The molecule has 9 nitrogen and oxygen atoms in total. The minimum absolute atomic E-state index is 0.123. The van der Waals surface area contributed by atoms with Crippen molar-refractivity contribution in [2.24, 2.45) is 4.99 Å². The van der Waals surface area contributed by atoms with Gasteiger partial charge in [-0.1, -0.05) is 41.7 Å². The molecule has 1 aromatic heterocycles. The fourth-order valence-electron chi connectivity index (χ4n) is 3.89. The number of methoxy groups -OCH3 is 1. The van der Waals surface area contributed by atoms with E-state index in [1.54, 1.807) is 19.1 Å². The molecule has 4 rings (SSSR count). The zero-order valence-corrected chi connectivity index (χ0v) is 20.8. The Labute approximate surface area is 209 Å². The maximum absolute atomic E-state index is 13.6. The van der Waals surface area contributed by atoms with Crippen molar-refractivity contribution in [3.8, 4) is 11.5 Å². The first-order chi connectivity index (χ1) is 17.2. The highest BCUT2D eigenvalue weighted by atomic mass is 32.1. The Bertz CT molecular complexity index is 1580.